The van der Waals surface area contributed by atoms with Gasteiger partial charge in [0, 0.05) is 22.2 Å². The van der Waals surface area contributed by atoms with Gasteiger partial charge in [-0.1, -0.05) is 42.5 Å². The fraction of sp³-hybridized carbons (Fsp3) is 0.115. The van der Waals surface area contributed by atoms with Gasteiger partial charge >= 0.3 is 0 Å². The van der Waals surface area contributed by atoms with Gasteiger partial charge < -0.3 is 20.7 Å². The Kier molecular flexibility index (Phi) is 5.57. The molecule has 8 nitrogen and oxygen atoms in total. The Morgan fingerprint density at radius 1 is 1.09 bits per heavy atom. The highest BCUT2D eigenvalue weighted by atomic mass is 16.3. The number of H-pyrrole nitrogens is 1. The topological polar surface area (TPSA) is 119 Å². The molecule has 1 aliphatic heterocycles. The normalized spacial score (nSPS) is 13.4. The second-order valence-electron chi connectivity index (χ2n) is 8.13. The Hall–Kier alpha value is -4.43. The first-order valence-corrected chi connectivity index (χ1v) is 10.9. The van der Waals surface area contributed by atoms with Gasteiger partial charge in [-0.15, -0.1) is 0 Å². The number of phenols is 1. The number of hydrogen-bond donors (Lipinski definition) is 5. The molecule has 0 bridgehead atoms. The van der Waals surface area contributed by atoms with E-state index in [2.05, 4.69) is 26.1 Å². The van der Waals surface area contributed by atoms with E-state index in [1.807, 2.05) is 36.4 Å². The molecule has 3 aromatic carbocycles. The van der Waals surface area contributed by atoms with Crippen LogP contribution < -0.4 is 16.1 Å². The zero-order chi connectivity index (χ0) is 23.7. The van der Waals surface area contributed by atoms with E-state index in [1.54, 1.807) is 43.6 Å². The average Bonchev–Trinajstić information content (AvgIpc) is 3.13. The molecule has 4 aromatic rings. The summed E-state index contributed by atoms with van der Waals surface area (Å²) < 4.78 is 0. The molecule has 0 spiro atoms. The molecule has 1 aromatic heterocycles. The Labute approximate surface area is 195 Å². The number of anilines is 1. The van der Waals surface area contributed by atoms with Crippen molar-refractivity contribution < 1.29 is 14.7 Å². The highest BCUT2D eigenvalue weighted by Crippen LogP contribution is 2.34. The zero-order valence-corrected chi connectivity index (χ0v) is 18.4. The smallest absolute Gasteiger partial charge is 0.272 e. The number of nitrogens with one attached hydrogen (secondary N) is 4. The summed E-state index contributed by atoms with van der Waals surface area (Å²) in [6, 6.07) is 19.5. The van der Waals surface area contributed by atoms with Crippen LogP contribution in [0.4, 0.5) is 5.69 Å². The molecule has 5 rings (SSSR count). The average molecular weight is 454 g/mol. The number of hydrazone groups is 1. The molecule has 0 saturated carbocycles. The number of hydrogen-bond acceptors (Lipinski definition) is 5. The van der Waals surface area contributed by atoms with Crippen LogP contribution >= 0.6 is 0 Å². The predicted octanol–water partition coefficient (Wildman–Crippen LogP) is 3.39. The Balaban J connectivity index is 1.50. The summed E-state index contributed by atoms with van der Waals surface area (Å²) in [6.07, 6.45) is 2.08. The molecule has 1 aliphatic rings. The van der Waals surface area contributed by atoms with Gasteiger partial charge in [-0.3, -0.25) is 9.59 Å². The minimum Gasteiger partial charge on any atom is -0.508 e. The molecular formula is C26H23N5O3. The van der Waals surface area contributed by atoms with E-state index in [1.165, 1.54) is 0 Å². The molecule has 5 N–H and O–H groups in total. The predicted molar refractivity (Wildman–Crippen MR) is 132 cm³/mol. The van der Waals surface area contributed by atoms with Crippen LogP contribution in [0.15, 0.2) is 71.8 Å². The maximum absolute atomic E-state index is 13.0. The summed E-state index contributed by atoms with van der Waals surface area (Å²) in [4.78, 5) is 29.2. The fourth-order valence-corrected chi connectivity index (χ4v) is 4.21. The number of aromatic nitrogens is 1. The molecular weight excluding hydrogens is 430 g/mol. The fourth-order valence-electron chi connectivity index (χ4n) is 4.21. The van der Waals surface area contributed by atoms with Gasteiger partial charge in [0.1, 0.15) is 5.75 Å². The molecule has 2 amide bonds. The van der Waals surface area contributed by atoms with E-state index in [4.69, 9.17) is 0 Å². The first kappa shape index (κ1) is 21.4. The number of likely N-dealkylation sites (N-methyl/N-ethyl adjacent to an activating group) is 1. The van der Waals surface area contributed by atoms with Gasteiger partial charge in [-0.2, -0.15) is 5.10 Å². The number of benzene rings is 3. The summed E-state index contributed by atoms with van der Waals surface area (Å²) in [5.41, 5.74) is 7.74. The van der Waals surface area contributed by atoms with Crippen molar-refractivity contribution in [2.24, 2.45) is 5.10 Å². The minimum atomic E-state index is -0.504. The van der Waals surface area contributed by atoms with Gasteiger partial charge in [0.05, 0.1) is 23.5 Å². The van der Waals surface area contributed by atoms with Crippen molar-refractivity contribution >= 4 is 34.6 Å². The van der Waals surface area contributed by atoms with Crippen LogP contribution in [-0.2, 0) is 11.2 Å². The number of carbonyl (C=O) groups excluding carboxylic acids is 2. The molecule has 1 atom stereocenters. The molecule has 0 saturated heterocycles. The monoisotopic (exact) mass is 453 g/mol. The third-order valence-electron chi connectivity index (χ3n) is 5.91. The van der Waals surface area contributed by atoms with E-state index in [9.17, 15) is 14.7 Å². The lowest BCUT2D eigenvalue weighted by atomic mass is 10.0. The second kappa shape index (κ2) is 8.84. The Bertz CT molecular complexity index is 1410. The van der Waals surface area contributed by atoms with Crippen molar-refractivity contribution in [1.82, 2.24) is 15.7 Å². The molecule has 0 radical (unpaired) electrons. The standard InChI is InChI=1S/C26H23N5O3/c1-27-22(11-15-7-9-18(32)10-8-15)26(34)29-17-12-19-23-20(14-28-31-25(19)33)24(30-21(23)13-17)16-5-3-2-4-6-16/h2-10,12-14,22,27,30,32H,11H2,1H3,(H,29,34)(H,31,33)/t22-/m1/s1. The van der Waals surface area contributed by atoms with Crippen molar-refractivity contribution in [2.45, 2.75) is 12.5 Å². The van der Waals surface area contributed by atoms with Crippen molar-refractivity contribution in [1.29, 1.82) is 0 Å². The molecule has 0 unspecified atom stereocenters. The quantitative estimate of drug-likeness (QED) is 0.307. The SMILES string of the molecule is CN[C@H](Cc1ccc(O)cc1)C(=O)Nc1cc2c3c(c(-c4ccccc4)[nH]c3c1)C=NNC2=O. The highest BCUT2D eigenvalue weighted by Gasteiger charge is 2.23. The number of aromatic hydroxyl groups is 1. The van der Waals surface area contributed by atoms with Gasteiger partial charge in [0.2, 0.25) is 5.91 Å². The first-order valence-electron chi connectivity index (χ1n) is 10.9. The molecule has 170 valence electrons. The third kappa shape index (κ3) is 4.02. The molecule has 0 fully saturated rings. The molecule has 34 heavy (non-hydrogen) atoms. The van der Waals surface area contributed by atoms with Crippen LogP contribution in [-0.4, -0.2) is 41.2 Å². The number of rotatable bonds is 6. The summed E-state index contributed by atoms with van der Waals surface area (Å²) in [5, 5.41) is 20.3. The van der Waals surface area contributed by atoms with Crippen molar-refractivity contribution in [3.8, 4) is 17.0 Å². The number of aromatic amines is 1. The second-order valence-corrected chi connectivity index (χ2v) is 8.13. The lowest BCUT2D eigenvalue weighted by Crippen LogP contribution is -2.40. The summed E-state index contributed by atoms with van der Waals surface area (Å²) in [5.74, 6) is -0.402. The van der Waals surface area contributed by atoms with Crippen LogP contribution in [0.2, 0.25) is 0 Å². The molecule has 0 aliphatic carbocycles. The zero-order valence-electron chi connectivity index (χ0n) is 18.4. The van der Waals surface area contributed by atoms with E-state index in [0.717, 1.165) is 33.3 Å². The van der Waals surface area contributed by atoms with Crippen molar-refractivity contribution in [3.05, 3.63) is 83.4 Å². The van der Waals surface area contributed by atoms with E-state index >= 15 is 0 Å². The van der Waals surface area contributed by atoms with Crippen LogP contribution in [0.5, 0.6) is 5.75 Å². The van der Waals surface area contributed by atoms with Crippen LogP contribution in [0.1, 0.15) is 21.5 Å². The van der Waals surface area contributed by atoms with Crippen molar-refractivity contribution in [3.63, 3.8) is 0 Å². The number of amides is 2. The maximum atomic E-state index is 13.0. The molecule has 8 heteroatoms. The van der Waals surface area contributed by atoms with Crippen LogP contribution in [0, 0.1) is 0 Å². The Morgan fingerprint density at radius 3 is 2.59 bits per heavy atom. The van der Waals surface area contributed by atoms with Gasteiger partial charge in [0.25, 0.3) is 5.91 Å². The van der Waals surface area contributed by atoms with Gasteiger partial charge in [-0.25, -0.2) is 5.43 Å². The van der Waals surface area contributed by atoms with E-state index < -0.39 is 6.04 Å². The summed E-state index contributed by atoms with van der Waals surface area (Å²) >= 11 is 0. The number of phenolic OH excluding ortho intramolecular Hbond substituents is 1. The minimum absolute atomic E-state index is 0.176. The summed E-state index contributed by atoms with van der Waals surface area (Å²) in [6.45, 7) is 0. The largest absolute Gasteiger partial charge is 0.508 e. The first-order chi connectivity index (χ1) is 16.5. The number of carbonyl (C=O) groups is 2. The van der Waals surface area contributed by atoms with Gasteiger partial charge in [0.15, 0.2) is 0 Å². The van der Waals surface area contributed by atoms with E-state index in [-0.39, 0.29) is 17.6 Å². The number of nitrogens with zero attached hydrogens (tertiary/aromatic N) is 1. The van der Waals surface area contributed by atoms with Crippen LogP contribution in [0.3, 0.4) is 0 Å². The maximum Gasteiger partial charge on any atom is 0.272 e. The van der Waals surface area contributed by atoms with Gasteiger partial charge in [-0.05, 0) is 48.9 Å². The lowest BCUT2D eigenvalue weighted by molar-refractivity contribution is -0.118. The lowest BCUT2D eigenvalue weighted by Gasteiger charge is -2.17. The Morgan fingerprint density at radius 2 is 1.85 bits per heavy atom. The van der Waals surface area contributed by atoms with E-state index in [0.29, 0.717) is 17.7 Å². The highest BCUT2D eigenvalue weighted by molar-refractivity contribution is 6.18. The van der Waals surface area contributed by atoms with Crippen molar-refractivity contribution in [2.75, 3.05) is 12.4 Å². The summed E-state index contributed by atoms with van der Waals surface area (Å²) in [7, 11) is 1.72. The molecule has 2 heterocycles. The third-order valence-corrected chi connectivity index (χ3v) is 5.91. The van der Waals surface area contributed by atoms with Crippen LogP contribution in [0.25, 0.3) is 22.2 Å².